The first-order chi connectivity index (χ1) is 13.5. The highest BCUT2D eigenvalue weighted by Crippen LogP contribution is 2.57. The lowest BCUT2D eigenvalue weighted by Gasteiger charge is -2.28. The van der Waals surface area contributed by atoms with Crippen LogP contribution in [0.3, 0.4) is 0 Å². The van der Waals surface area contributed by atoms with Crippen LogP contribution in [-0.4, -0.2) is 0 Å². The topological polar surface area (TPSA) is 13.1 Å². The number of fused-ring (bicyclic) bond motifs is 4. The zero-order valence-electron chi connectivity index (χ0n) is 17.3. The SMILES string of the molecule is Cc1cc2c3c(c(C)c(C)cc3c1)-c1c(c(C3CC4CCC3C4)cc[n+]1C)O2. The third-order valence-electron chi connectivity index (χ3n) is 7.76. The minimum Gasteiger partial charge on any atom is -0.449 e. The maximum absolute atomic E-state index is 6.74. The number of rotatable bonds is 1. The summed E-state index contributed by atoms with van der Waals surface area (Å²) in [6, 6.07) is 9.18. The van der Waals surface area contributed by atoms with Gasteiger partial charge in [-0.2, -0.15) is 4.57 Å². The van der Waals surface area contributed by atoms with Gasteiger partial charge in [-0.3, -0.25) is 0 Å². The Morgan fingerprint density at radius 1 is 1.04 bits per heavy atom. The van der Waals surface area contributed by atoms with Crippen LogP contribution in [0.25, 0.3) is 22.0 Å². The van der Waals surface area contributed by atoms with E-state index in [0.29, 0.717) is 5.92 Å². The van der Waals surface area contributed by atoms with Crippen molar-refractivity contribution in [3.63, 3.8) is 0 Å². The average Bonchev–Trinajstić information content (AvgIpc) is 3.28. The molecule has 28 heavy (non-hydrogen) atoms. The van der Waals surface area contributed by atoms with Crippen LogP contribution in [0.2, 0.25) is 0 Å². The molecule has 0 spiro atoms. The standard InChI is InChI=1S/C26H28NO/c1-14-9-19-11-15(2)16(3)23-24(19)22(10-14)28-26-20(7-8-27(4)25(23)26)21-13-17-5-6-18(21)12-17/h7-11,17-18,21H,5-6,12-13H2,1-4H3/q+1. The third kappa shape index (κ3) is 2.12. The van der Waals surface area contributed by atoms with Crippen molar-refractivity contribution in [2.75, 3.05) is 0 Å². The summed E-state index contributed by atoms with van der Waals surface area (Å²) in [6.07, 6.45) is 7.86. The molecule has 1 aromatic heterocycles. The zero-order valence-corrected chi connectivity index (χ0v) is 17.3. The van der Waals surface area contributed by atoms with Gasteiger partial charge in [0.2, 0.25) is 5.75 Å². The van der Waals surface area contributed by atoms with Gasteiger partial charge in [0.25, 0.3) is 5.69 Å². The largest absolute Gasteiger partial charge is 0.449 e. The van der Waals surface area contributed by atoms with Crippen molar-refractivity contribution in [3.05, 3.63) is 52.7 Å². The van der Waals surface area contributed by atoms with Crippen LogP contribution in [0.15, 0.2) is 30.5 Å². The van der Waals surface area contributed by atoms with E-state index in [1.165, 1.54) is 70.0 Å². The van der Waals surface area contributed by atoms with Crippen LogP contribution in [0.4, 0.5) is 0 Å². The van der Waals surface area contributed by atoms with E-state index in [4.69, 9.17) is 4.74 Å². The number of pyridine rings is 1. The summed E-state index contributed by atoms with van der Waals surface area (Å²) in [7, 11) is 2.17. The van der Waals surface area contributed by atoms with Crippen molar-refractivity contribution in [1.82, 2.24) is 0 Å². The Labute approximate surface area is 167 Å². The molecule has 2 aliphatic carbocycles. The van der Waals surface area contributed by atoms with Crippen LogP contribution in [0, 0.1) is 32.6 Å². The molecule has 2 heterocycles. The van der Waals surface area contributed by atoms with Crippen LogP contribution >= 0.6 is 0 Å². The summed E-state index contributed by atoms with van der Waals surface area (Å²) < 4.78 is 9.01. The summed E-state index contributed by atoms with van der Waals surface area (Å²) in [5.74, 6) is 4.61. The minimum atomic E-state index is 0.667. The molecule has 142 valence electrons. The fraction of sp³-hybridized carbons (Fsp3) is 0.423. The van der Waals surface area contributed by atoms with Gasteiger partial charge in [-0.05, 0) is 85.9 Å². The minimum absolute atomic E-state index is 0.667. The van der Waals surface area contributed by atoms with Gasteiger partial charge in [-0.25, -0.2) is 0 Å². The van der Waals surface area contributed by atoms with E-state index in [1.54, 1.807) is 0 Å². The number of aromatic nitrogens is 1. The molecule has 6 rings (SSSR count). The Bertz CT molecular complexity index is 1160. The van der Waals surface area contributed by atoms with Crippen molar-refractivity contribution in [2.45, 2.75) is 52.4 Å². The molecule has 0 saturated heterocycles. The number of ether oxygens (including phenoxy) is 1. The molecule has 0 N–H and O–H groups in total. The monoisotopic (exact) mass is 370 g/mol. The van der Waals surface area contributed by atoms with Gasteiger partial charge in [0.05, 0.1) is 5.56 Å². The van der Waals surface area contributed by atoms with Gasteiger partial charge in [-0.1, -0.05) is 18.6 Å². The summed E-state index contributed by atoms with van der Waals surface area (Å²) in [5, 5.41) is 2.57. The molecule has 2 heteroatoms. The van der Waals surface area contributed by atoms with Crippen molar-refractivity contribution < 1.29 is 9.30 Å². The van der Waals surface area contributed by atoms with E-state index in [0.717, 1.165) is 23.3 Å². The number of nitrogens with zero attached hydrogens (tertiary/aromatic N) is 1. The molecule has 2 fully saturated rings. The molecule has 2 aromatic carbocycles. The smallest absolute Gasteiger partial charge is 0.256 e. The van der Waals surface area contributed by atoms with E-state index >= 15 is 0 Å². The van der Waals surface area contributed by atoms with Gasteiger partial charge < -0.3 is 4.74 Å². The molecular formula is C26H28NO+. The maximum Gasteiger partial charge on any atom is 0.256 e. The van der Waals surface area contributed by atoms with E-state index in [9.17, 15) is 0 Å². The highest BCUT2D eigenvalue weighted by Gasteiger charge is 2.43. The molecule has 3 unspecified atom stereocenters. The second kappa shape index (κ2) is 5.59. The van der Waals surface area contributed by atoms with E-state index < -0.39 is 0 Å². The van der Waals surface area contributed by atoms with Crippen molar-refractivity contribution in [1.29, 1.82) is 0 Å². The molecule has 2 bridgehead atoms. The first-order valence-electron chi connectivity index (χ1n) is 10.8. The predicted octanol–water partition coefficient (Wildman–Crippen LogP) is 6.27. The summed E-state index contributed by atoms with van der Waals surface area (Å²) in [4.78, 5) is 0. The van der Waals surface area contributed by atoms with Crippen molar-refractivity contribution in [2.24, 2.45) is 18.9 Å². The molecule has 3 aliphatic rings. The second-order valence-electron chi connectivity index (χ2n) is 9.50. The molecule has 2 saturated carbocycles. The van der Waals surface area contributed by atoms with Crippen molar-refractivity contribution >= 4 is 10.8 Å². The first-order valence-corrected chi connectivity index (χ1v) is 10.8. The number of hydrogen-bond acceptors (Lipinski definition) is 1. The highest BCUT2D eigenvalue weighted by atomic mass is 16.5. The molecule has 0 amide bonds. The summed E-state index contributed by atoms with van der Waals surface area (Å²) in [5.41, 5.74) is 8.09. The fourth-order valence-corrected chi connectivity index (χ4v) is 6.33. The van der Waals surface area contributed by atoms with Gasteiger partial charge in [0, 0.05) is 17.0 Å². The number of aryl methyl sites for hydroxylation is 3. The fourth-order valence-electron chi connectivity index (χ4n) is 6.33. The van der Waals surface area contributed by atoms with Gasteiger partial charge in [0.1, 0.15) is 12.8 Å². The molecule has 2 nitrogen and oxygen atoms in total. The third-order valence-corrected chi connectivity index (χ3v) is 7.76. The number of hydrogen-bond donors (Lipinski definition) is 0. The lowest BCUT2D eigenvalue weighted by Crippen LogP contribution is -2.33. The second-order valence-corrected chi connectivity index (χ2v) is 9.50. The van der Waals surface area contributed by atoms with Crippen LogP contribution in [0.1, 0.15) is 53.9 Å². The Morgan fingerprint density at radius 2 is 1.89 bits per heavy atom. The lowest BCUT2D eigenvalue weighted by molar-refractivity contribution is -0.660. The van der Waals surface area contributed by atoms with Crippen LogP contribution < -0.4 is 9.30 Å². The predicted molar refractivity (Wildman–Crippen MR) is 113 cm³/mol. The average molecular weight is 371 g/mol. The number of benzene rings is 2. The molecule has 1 aliphatic heterocycles. The highest BCUT2D eigenvalue weighted by molar-refractivity contribution is 6.05. The Kier molecular flexibility index (Phi) is 3.31. The van der Waals surface area contributed by atoms with Gasteiger partial charge in [-0.15, -0.1) is 0 Å². The Hall–Kier alpha value is -2.35. The van der Waals surface area contributed by atoms with Gasteiger partial charge >= 0.3 is 0 Å². The maximum atomic E-state index is 6.74. The Morgan fingerprint density at radius 3 is 2.64 bits per heavy atom. The lowest BCUT2D eigenvalue weighted by atomic mass is 9.81. The molecule has 3 atom stereocenters. The Balaban J connectivity index is 1.67. The molecular weight excluding hydrogens is 342 g/mol. The van der Waals surface area contributed by atoms with E-state index in [-0.39, 0.29) is 0 Å². The van der Waals surface area contributed by atoms with Gasteiger partial charge in [0.15, 0.2) is 6.20 Å². The van der Waals surface area contributed by atoms with E-state index in [2.05, 4.69) is 62.8 Å². The quantitative estimate of drug-likeness (QED) is 0.360. The summed E-state index contributed by atoms with van der Waals surface area (Å²) >= 11 is 0. The normalized spacial score (nSPS) is 24.5. The zero-order chi connectivity index (χ0) is 19.2. The molecule has 3 aromatic rings. The molecule has 0 radical (unpaired) electrons. The van der Waals surface area contributed by atoms with E-state index in [1.807, 2.05) is 0 Å². The van der Waals surface area contributed by atoms with Crippen molar-refractivity contribution in [3.8, 4) is 22.8 Å². The first kappa shape index (κ1) is 16.6. The van der Waals surface area contributed by atoms with Crippen LogP contribution in [-0.2, 0) is 7.05 Å². The van der Waals surface area contributed by atoms with Crippen LogP contribution in [0.5, 0.6) is 11.5 Å². The summed E-state index contributed by atoms with van der Waals surface area (Å²) in [6.45, 7) is 6.68.